The fraction of sp³-hybridized carbons (Fsp3) is 0.214. The van der Waals surface area contributed by atoms with Crippen LogP contribution in [0.5, 0.6) is 5.75 Å². The van der Waals surface area contributed by atoms with E-state index in [0.29, 0.717) is 16.3 Å². The van der Waals surface area contributed by atoms with Crippen molar-refractivity contribution in [2.75, 3.05) is 0 Å². The molecule has 22 heavy (non-hydrogen) atoms. The number of hydrogen-bond donors (Lipinski definition) is 2. The Morgan fingerprint density at radius 2 is 2.18 bits per heavy atom. The van der Waals surface area contributed by atoms with Gasteiger partial charge in [-0.25, -0.2) is 10.4 Å². The van der Waals surface area contributed by atoms with Crippen molar-refractivity contribution >= 4 is 46.2 Å². The zero-order valence-electron chi connectivity index (χ0n) is 11.9. The van der Waals surface area contributed by atoms with E-state index in [1.807, 2.05) is 12.3 Å². The van der Waals surface area contributed by atoms with E-state index in [4.69, 9.17) is 23.2 Å². The van der Waals surface area contributed by atoms with Crippen LogP contribution in [0.3, 0.4) is 0 Å². The minimum Gasteiger partial charge on any atom is -0.506 e. The average molecular weight is 358 g/mol. The summed E-state index contributed by atoms with van der Waals surface area (Å²) in [5.74, 6) is -0.418. The molecule has 5 nitrogen and oxygen atoms in total. The molecule has 1 aromatic carbocycles. The molecule has 8 heteroatoms. The van der Waals surface area contributed by atoms with E-state index in [9.17, 15) is 9.90 Å². The number of aromatic nitrogens is 1. The maximum Gasteiger partial charge on any atom is 0.246 e. The summed E-state index contributed by atoms with van der Waals surface area (Å²) in [4.78, 5) is 16.0. The molecule has 116 valence electrons. The predicted molar refractivity (Wildman–Crippen MR) is 89.0 cm³/mol. The lowest BCUT2D eigenvalue weighted by molar-refractivity contribution is -0.120. The van der Waals surface area contributed by atoms with Gasteiger partial charge in [0.15, 0.2) is 0 Å². The van der Waals surface area contributed by atoms with Crippen molar-refractivity contribution in [1.29, 1.82) is 0 Å². The number of thiazole rings is 1. The van der Waals surface area contributed by atoms with Crippen LogP contribution in [-0.4, -0.2) is 21.7 Å². The van der Waals surface area contributed by atoms with Gasteiger partial charge in [0.1, 0.15) is 10.8 Å². The number of aromatic hydroxyl groups is 1. The highest BCUT2D eigenvalue weighted by Crippen LogP contribution is 2.31. The second-order valence-electron chi connectivity index (χ2n) is 4.58. The maximum absolute atomic E-state index is 11.8. The van der Waals surface area contributed by atoms with E-state index in [1.165, 1.54) is 23.5 Å². The molecule has 0 saturated heterocycles. The first-order valence-corrected chi connectivity index (χ1v) is 7.93. The number of phenols is 1. The highest BCUT2D eigenvalue weighted by atomic mass is 35.5. The summed E-state index contributed by atoms with van der Waals surface area (Å²) in [6.07, 6.45) is 0.150. The Kier molecular flexibility index (Phi) is 5.39. The Bertz CT molecular complexity index is 744. The fourth-order valence-corrected chi connectivity index (χ4v) is 2.97. The Morgan fingerprint density at radius 3 is 2.82 bits per heavy atom. The van der Waals surface area contributed by atoms with Crippen molar-refractivity contribution in [3.8, 4) is 5.75 Å². The van der Waals surface area contributed by atoms with Crippen LogP contribution in [0.4, 0.5) is 0 Å². The Balaban J connectivity index is 2.08. The van der Waals surface area contributed by atoms with Crippen molar-refractivity contribution in [3.05, 3.63) is 43.8 Å². The molecule has 1 heterocycles. The molecule has 2 rings (SSSR count). The minimum atomic E-state index is -0.290. The van der Waals surface area contributed by atoms with Crippen molar-refractivity contribution in [2.45, 2.75) is 20.3 Å². The fourth-order valence-electron chi connectivity index (χ4n) is 1.71. The van der Waals surface area contributed by atoms with Crippen LogP contribution in [-0.2, 0) is 11.2 Å². The van der Waals surface area contributed by atoms with Crippen LogP contribution < -0.4 is 5.43 Å². The summed E-state index contributed by atoms with van der Waals surface area (Å²) in [6, 6.07) is 2.95. The quantitative estimate of drug-likeness (QED) is 0.648. The molecule has 0 aliphatic heterocycles. The van der Waals surface area contributed by atoms with Gasteiger partial charge in [0, 0.05) is 21.7 Å². The second kappa shape index (κ2) is 7.09. The summed E-state index contributed by atoms with van der Waals surface area (Å²) >= 11 is 13.2. The third-order valence-electron chi connectivity index (χ3n) is 2.74. The smallest absolute Gasteiger partial charge is 0.246 e. The monoisotopic (exact) mass is 357 g/mol. The number of nitrogens with zero attached hydrogens (tertiary/aromatic N) is 2. The van der Waals surface area contributed by atoms with E-state index in [2.05, 4.69) is 15.5 Å². The maximum atomic E-state index is 11.8. The first-order valence-electron chi connectivity index (χ1n) is 6.29. The first-order chi connectivity index (χ1) is 10.4. The molecule has 1 amide bonds. The largest absolute Gasteiger partial charge is 0.506 e. The van der Waals surface area contributed by atoms with Gasteiger partial charge >= 0.3 is 0 Å². The lowest BCUT2D eigenvalue weighted by Gasteiger charge is -2.07. The van der Waals surface area contributed by atoms with E-state index in [0.717, 1.165) is 10.7 Å². The normalized spacial score (nSPS) is 11.5. The third-order valence-corrected chi connectivity index (χ3v) is 4.22. The number of phenolic OH excluding ortho intramolecular Hbond substituents is 1. The molecule has 2 aromatic rings. The molecule has 1 aromatic heterocycles. The van der Waals surface area contributed by atoms with Crippen LogP contribution in [0.15, 0.2) is 22.6 Å². The molecular weight excluding hydrogens is 345 g/mol. The number of rotatable bonds is 4. The summed E-state index contributed by atoms with van der Waals surface area (Å²) in [7, 11) is 0. The lowest BCUT2D eigenvalue weighted by Crippen LogP contribution is -2.21. The van der Waals surface area contributed by atoms with E-state index >= 15 is 0 Å². The number of amides is 1. The molecular formula is C14H13Cl2N3O2S. The van der Waals surface area contributed by atoms with E-state index in [1.54, 1.807) is 6.92 Å². The second-order valence-corrected chi connectivity index (χ2v) is 6.36. The first kappa shape index (κ1) is 16.7. The molecule has 0 aliphatic carbocycles. The van der Waals surface area contributed by atoms with Crippen LogP contribution in [0, 0.1) is 6.92 Å². The van der Waals surface area contributed by atoms with Crippen molar-refractivity contribution in [1.82, 2.24) is 10.4 Å². The van der Waals surface area contributed by atoms with E-state index in [-0.39, 0.29) is 23.1 Å². The minimum absolute atomic E-state index is 0.127. The average Bonchev–Trinajstić information content (AvgIpc) is 2.85. The van der Waals surface area contributed by atoms with Gasteiger partial charge in [0.2, 0.25) is 5.91 Å². The van der Waals surface area contributed by atoms with Gasteiger partial charge in [0.05, 0.1) is 17.2 Å². The van der Waals surface area contributed by atoms with Crippen molar-refractivity contribution < 1.29 is 9.90 Å². The molecule has 0 radical (unpaired) electrons. The number of carbonyl (C=O) groups is 1. The molecule has 0 aliphatic rings. The van der Waals surface area contributed by atoms with Gasteiger partial charge in [-0.15, -0.1) is 11.3 Å². The van der Waals surface area contributed by atoms with Gasteiger partial charge in [-0.2, -0.15) is 5.10 Å². The molecule has 2 N–H and O–H groups in total. The van der Waals surface area contributed by atoms with Gasteiger partial charge in [0.25, 0.3) is 0 Å². The summed E-state index contributed by atoms with van der Waals surface area (Å²) in [5.41, 5.74) is 4.06. The Labute approximate surface area is 141 Å². The Hall–Kier alpha value is -1.63. The molecule has 0 saturated carbocycles. The Morgan fingerprint density at radius 1 is 1.45 bits per heavy atom. The predicted octanol–water partition coefficient (Wildman–Crippen LogP) is 3.55. The number of benzene rings is 1. The SMILES string of the molecule is C/C(=N\NC(=O)Cc1nc(C)cs1)c1cc(Cl)cc(Cl)c1O. The van der Waals surface area contributed by atoms with Crippen LogP contribution in [0.25, 0.3) is 0 Å². The number of hydrazone groups is 1. The molecule has 0 atom stereocenters. The highest BCUT2D eigenvalue weighted by molar-refractivity contribution is 7.09. The van der Waals surface area contributed by atoms with E-state index < -0.39 is 0 Å². The van der Waals surface area contributed by atoms with Crippen LogP contribution in [0.1, 0.15) is 23.2 Å². The lowest BCUT2D eigenvalue weighted by atomic mass is 10.1. The zero-order chi connectivity index (χ0) is 16.3. The number of aryl methyl sites for hydroxylation is 1. The zero-order valence-corrected chi connectivity index (χ0v) is 14.2. The number of carbonyl (C=O) groups excluding carboxylic acids is 1. The highest BCUT2D eigenvalue weighted by Gasteiger charge is 2.11. The summed E-state index contributed by atoms with van der Waals surface area (Å²) in [5, 5.41) is 17.0. The van der Waals surface area contributed by atoms with Gasteiger partial charge in [-0.05, 0) is 26.0 Å². The number of halogens is 2. The van der Waals surface area contributed by atoms with Gasteiger partial charge in [-0.1, -0.05) is 23.2 Å². The molecule has 0 unspecified atom stereocenters. The molecule has 0 spiro atoms. The molecule has 0 fully saturated rings. The van der Waals surface area contributed by atoms with Crippen molar-refractivity contribution in [2.24, 2.45) is 5.10 Å². The van der Waals surface area contributed by atoms with Gasteiger partial charge < -0.3 is 5.11 Å². The van der Waals surface area contributed by atoms with Gasteiger partial charge in [-0.3, -0.25) is 4.79 Å². The number of hydrogen-bond acceptors (Lipinski definition) is 5. The standard InChI is InChI=1S/C14H13Cl2N3O2S/c1-7-6-22-13(17-7)5-12(20)19-18-8(2)10-3-9(15)4-11(16)14(10)21/h3-4,6,21H,5H2,1-2H3,(H,19,20)/b18-8+. The molecule has 0 bridgehead atoms. The van der Waals surface area contributed by atoms with Crippen LogP contribution in [0.2, 0.25) is 10.0 Å². The third kappa shape index (κ3) is 4.19. The summed E-state index contributed by atoms with van der Waals surface area (Å²) < 4.78 is 0. The number of nitrogens with one attached hydrogen (secondary N) is 1. The summed E-state index contributed by atoms with van der Waals surface area (Å²) in [6.45, 7) is 3.50. The van der Waals surface area contributed by atoms with Crippen LogP contribution >= 0.6 is 34.5 Å². The van der Waals surface area contributed by atoms with Crippen molar-refractivity contribution in [3.63, 3.8) is 0 Å². The topological polar surface area (TPSA) is 74.6 Å².